The van der Waals surface area contributed by atoms with Gasteiger partial charge in [0.15, 0.2) is 0 Å². The van der Waals surface area contributed by atoms with E-state index in [0.717, 1.165) is 10.9 Å². The largest absolute Gasteiger partial charge is 0.383 e. The SMILES string of the molecule is C#CCCCNc1cc(Br)ccc1F. The molecular weight excluding hydrogens is 245 g/mol. The van der Waals surface area contributed by atoms with Crippen molar-refractivity contribution >= 4 is 21.6 Å². The lowest BCUT2D eigenvalue weighted by molar-refractivity contribution is 0.629. The molecule has 0 aliphatic carbocycles. The summed E-state index contributed by atoms with van der Waals surface area (Å²) < 4.78 is 14.0. The Kier molecular flexibility index (Phi) is 4.48. The molecule has 0 amide bonds. The lowest BCUT2D eigenvalue weighted by Crippen LogP contribution is -2.02. The Bertz CT molecular complexity index is 344. The minimum Gasteiger partial charge on any atom is -0.383 e. The van der Waals surface area contributed by atoms with E-state index in [1.165, 1.54) is 6.07 Å². The van der Waals surface area contributed by atoms with Crippen LogP contribution in [0.2, 0.25) is 0 Å². The first-order valence-corrected chi connectivity index (χ1v) is 5.15. The van der Waals surface area contributed by atoms with Gasteiger partial charge in [0.1, 0.15) is 5.82 Å². The van der Waals surface area contributed by atoms with Gasteiger partial charge in [0.25, 0.3) is 0 Å². The molecule has 0 aromatic heterocycles. The highest BCUT2D eigenvalue weighted by atomic mass is 79.9. The van der Waals surface area contributed by atoms with Crippen LogP contribution in [-0.4, -0.2) is 6.54 Å². The summed E-state index contributed by atoms with van der Waals surface area (Å²) in [7, 11) is 0. The topological polar surface area (TPSA) is 12.0 Å². The molecule has 0 radical (unpaired) electrons. The predicted molar refractivity (Wildman–Crippen MR) is 60.7 cm³/mol. The lowest BCUT2D eigenvalue weighted by Gasteiger charge is -2.06. The van der Waals surface area contributed by atoms with Crippen molar-refractivity contribution in [2.45, 2.75) is 12.8 Å². The number of anilines is 1. The van der Waals surface area contributed by atoms with E-state index in [1.807, 2.05) is 0 Å². The van der Waals surface area contributed by atoms with Crippen LogP contribution < -0.4 is 5.32 Å². The summed E-state index contributed by atoms with van der Waals surface area (Å²) in [5, 5.41) is 2.99. The van der Waals surface area contributed by atoms with Crippen LogP contribution in [0.15, 0.2) is 22.7 Å². The van der Waals surface area contributed by atoms with E-state index in [9.17, 15) is 4.39 Å². The van der Waals surface area contributed by atoms with Gasteiger partial charge in [-0.15, -0.1) is 12.3 Å². The zero-order valence-corrected chi connectivity index (χ0v) is 9.27. The van der Waals surface area contributed by atoms with Crippen molar-refractivity contribution < 1.29 is 4.39 Å². The Morgan fingerprint density at radius 1 is 1.50 bits per heavy atom. The molecule has 0 fully saturated rings. The number of nitrogens with one attached hydrogen (secondary N) is 1. The second-order valence-corrected chi connectivity index (χ2v) is 3.77. The molecule has 3 heteroatoms. The number of halogens is 2. The van der Waals surface area contributed by atoms with Gasteiger partial charge in [-0.05, 0) is 24.6 Å². The van der Waals surface area contributed by atoms with Gasteiger partial charge in [0, 0.05) is 17.4 Å². The molecule has 0 bridgehead atoms. The van der Waals surface area contributed by atoms with Crippen molar-refractivity contribution in [1.29, 1.82) is 0 Å². The molecule has 1 aromatic rings. The molecule has 1 N–H and O–H groups in total. The van der Waals surface area contributed by atoms with Crippen LogP contribution in [0.5, 0.6) is 0 Å². The van der Waals surface area contributed by atoms with E-state index < -0.39 is 0 Å². The molecule has 0 spiro atoms. The molecule has 1 nitrogen and oxygen atoms in total. The van der Waals surface area contributed by atoms with Gasteiger partial charge in [0.2, 0.25) is 0 Å². The normalized spacial score (nSPS) is 9.50. The maximum atomic E-state index is 13.2. The molecule has 0 aliphatic rings. The van der Waals surface area contributed by atoms with Gasteiger partial charge in [-0.2, -0.15) is 0 Å². The van der Waals surface area contributed by atoms with Crippen molar-refractivity contribution in [2.24, 2.45) is 0 Å². The second-order valence-electron chi connectivity index (χ2n) is 2.86. The molecule has 74 valence electrons. The van der Waals surface area contributed by atoms with E-state index in [2.05, 4.69) is 27.2 Å². The van der Waals surface area contributed by atoms with Gasteiger partial charge < -0.3 is 5.32 Å². The number of hydrogen-bond donors (Lipinski definition) is 1. The molecule has 0 unspecified atom stereocenters. The Morgan fingerprint density at radius 3 is 3.00 bits per heavy atom. The summed E-state index contributed by atoms with van der Waals surface area (Å²) in [4.78, 5) is 0. The van der Waals surface area contributed by atoms with Crippen LogP contribution in [0, 0.1) is 18.2 Å². The minimum atomic E-state index is -0.242. The van der Waals surface area contributed by atoms with E-state index in [1.54, 1.807) is 12.1 Å². The first-order valence-electron chi connectivity index (χ1n) is 4.36. The van der Waals surface area contributed by atoms with Crippen LogP contribution in [0.4, 0.5) is 10.1 Å². The monoisotopic (exact) mass is 255 g/mol. The maximum absolute atomic E-state index is 13.2. The first kappa shape index (κ1) is 11.1. The fraction of sp³-hybridized carbons (Fsp3) is 0.273. The van der Waals surface area contributed by atoms with E-state index in [4.69, 9.17) is 6.42 Å². The van der Waals surface area contributed by atoms with Crippen LogP contribution in [0.1, 0.15) is 12.8 Å². The third-order valence-electron chi connectivity index (χ3n) is 1.74. The molecular formula is C11H11BrFN. The summed E-state index contributed by atoms with van der Waals surface area (Å²) in [5.74, 6) is 2.30. The highest BCUT2D eigenvalue weighted by molar-refractivity contribution is 9.10. The smallest absolute Gasteiger partial charge is 0.146 e. The van der Waals surface area contributed by atoms with Crippen molar-refractivity contribution in [1.82, 2.24) is 0 Å². The fourth-order valence-corrected chi connectivity index (χ4v) is 1.41. The van der Waals surface area contributed by atoms with Crippen molar-refractivity contribution in [3.05, 3.63) is 28.5 Å². The summed E-state index contributed by atoms with van der Waals surface area (Å²) in [6, 6.07) is 4.81. The molecule has 14 heavy (non-hydrogen) atoms. The summed E-state index contributed by atoms with van der Waals surface area (Å²) in [6.07, 6.45) is 6.66. The van der Waals surface area contributed by atoms with Gasteiger partial charge in [-0.1, -0.05) is 15.9 Å². The highest BCUT2D eigenvalue weighted by Gasteiger charge is 2.00. The van der Waals surface area contributed by atoms with Crippen molar-refractivity contribution in [2.75, 3.05) is 11.9 Å². The van der Waals surface area contributed by atoms with Crippen LogP contribution in [-0.2, 0) is 0 Å². The Morgan fingerprint density at radius 2 is 2.29 bits per heavy atom. The Hall–Kier alpha value is -1.01. The number of unbranched alkanes of at least 4 members (excludes halogenated alkanes) is 1. The zero-order chi connectivity index (χ0) is 10.4. The number of rotatable bonds is 4. The fourth-order valence-electron chi connectivity index (χ4n) is 1.05. The lowest BCUT2D eigenvalue weighted by atomic mass is 10.3. The van der Waals surface area contributed by atoms with E-state index in [-0.39, 0.29) is 5.82 Å². The molecule has 1 aromatic carbocycles. The highest BCUT2D eigenvalue weighted by Crippen LogP contribution is 2.19. The zero-order valence-electron chi connectivity index (χ0n) is 7.69. The van der Waals surface area contributed by atoms with Crippen LogP contribution in [0.3, 0.4) is 0 Å². The second kappa shape index (κ2) is 5.66. The van der Waals surface area contributed by atoms with E-state index >= 15 is 0 Å². The number of terminal acetylenes is 1. The molecule has 0 saturated heterocycles. The molecule has 0 atom stereocenters. The van der Waals surface area contributed by atoms with Gasteiger partial charge >= 0.3 is 0 Å². The summed E-state index contributed by atoms with van der Waals surface area (Å²) in [5.41, 5.74) is 0.511. The van der Waals surface area contributed by atoms with Gasteiger partial charge in [-0.25, -0.2) is 4.39 Å². The quantitative estimate of drug-likeness (QED) is 0.643. The van der Waals surface area contributed by atoms with Crippen molar-refractivity contribution in [3.8, 4) is 12.3 Å². The minimum absolute atomic E-state index is 0.242. The van der Waals surface area contributed by atoms with E-state index in [0.29, 0.717) is 18.7 Å². The maximum Gasteiger partial charge on any atom is 0.146 e. The van der Waals surface area contributed by atoms with Crippen molar-refractivity contribution in [3.63, 3.8) is 0 Å². The Balaban J connectivity index is 2.50. The first-order chi connectivity index (χ1) is 6.74. The standard InChI is InChI=1S/C11H11BrFN/c1-2-3-4-7-14-11-8-9(12)5-6-10(11)13/h1,5-6,8,14H,3-4,7H2. The molecule has 0 saturated carbocycles. The summed E-state index contributed by atoms with van der Waals surface area (Å²) in [6.45, 7) is 0.692. The molecule has 0 heterocycles. The van der Waals surface area contributed by atoms with Crippen LogP contribution in [0.25, 0.3) is 0 Å². The average Bonchev–Trinajstić information content (AvgIpc) is 2.18. The summed E-state index contributed by atoms with van der Waals surface area (Å²) >= 11 is 3.28. The molecule has 1 rings (SSSR count). The van der Waals surface area contributed by atoms with Crippen LogP contribution >= 0.6 is 15.9 Å². The van der Waals surface area contributed by atoms with Gasteiger partial charge in [-0.3, -0.25) is 0 Å². The predicted octanol–water partition coefficient (Wildman–Crippen LogP) is 3.41. The average molecular weight is 256 g/mol. The third-order valence-corrected chi connectivity index (χ3v) is 2.24. The third kappa shape index (κ3) is 3.39. The molecule has 0 aliphatic heterocycles. The Labute approximate surface area is 91.8 Å². The number of benzene rings is 1. The number of hydrogen-bond acceptors (Lipinski definition) is 1. The van der Waals surface area contributed by atoms with Gasteiger partial charge in [0.05, 0.1) is 5.69 Å².